The van der Waals surface area contributed by atoms with Crippen LogP contribution >= 0.6 is 0 Å². The highest BCUT2D eigenvalue weighted by molar-refractivity contribution is 6.26. The van der Waals surface area contributed by atoms with Crippen molar-refractivity contribution in [3.8, 4) is 33.4 Å². The van der Waals surface area contributed by atoms with Gasteiger partial charge in [0.15, 0.2) is 0 Å². The number of fused-ring (bicyclic) bond motifs is 13. The standard InChI is InChI=1S/C52H41NO/c1-51(2)41-23-14-13-20-36(41)37-29-27-35(31-43(37)51)53(34-18-9-6-10-19-34)44-25-15-24-42-47(44)48-49(52(42,3)4)39-22-12-11-21-38(39)46-40-28-26-33(30-45(40)54-50(46)48)32-16-7-5-8-17-32/h5-18,20-31,34H,19H2,1-4H3. The van der Waals surface area contributed by atoms with Gasteiger partial charge in [-0.3, -0.25) is 0 Å². The first-order valence-corrected chi connectivity index (χ1v) is 19.3. The number of hydrogen-bond acceptors (Lipinski definition) is 2. The summed E-state index contributed by atoms with van der Waals surface area (Å²) in [5.41, 5.74) is 17.0. The molecule has 0 N–H and O–H groups in total. The van der Waals surface area contributed by atoms with Crippen LogP contribution in [0.2, 0.25) is 0 Å². The fourth-order valence-corrected chi connectivity index (χ4v) is 10.2. The van der Waals surface area contributed by atoms with Crippen LogP contribution in [0, 0.1) is 0 Å². The molecule has 7 aromatic carbocycles. The second kappa shape index (κ2) is 11.2. The number of hydrogen-bond donors (Lipinski definition) is 0. The van der Waals surface area contributed by atoms with Crippen LogP contribution in [0.5, 0.6) is 0 Å². The van der Waals surface area contributed by atoms with Crippen molar-refractivity contribution in [3.05, 3.63) is 180 Å². The summed E-state index contributed by atoms with van der Waals surface area (Å²) in [5, 5.41) is 4.90. The predicted molar refractivity (Wildman–Crippen MR) is 227 cm³/mol. The van der Waals surface area contributed by atoms with Crippen LogP contribution in [0.1, 0.15) is 56.4 Å². The average molecular weight is 696 g/mol. The summed E-state index contributed by atoms with van der Waals surface area (Å²) in [6.45, 7) is 9.55. The Kier molecular flexibility index (Phi) is 6.51. The normalized spacial score (nSPS) is 17.1. The summed E-state index contributed by atoms with van der Waals surface area (Å²) in [6, 6.07) is 49.6. The molecular weight excluding hydrogens is 655 g/mol. The van der Waals surface area contributed by atoms with Gasteiger partial charge >= 0.3 is 0 Å². The lowest BCUT2D eigenvalue weighted by molar-refractivity contribution is 0.657. The molecular formula is C52H41NO. The van der Waals surface area contributed by atoms with Gasteiger partial charge in [-0.25, -0.2) is 0 Å². The topological polar surface area (TPSA) is 16.4 Å². The lowest BCUT2D eigenvalue weighted by Gasteiger charge is -2.35. The molecule has 0 saturated heterocycles. The molecule has 11 rings (SSSR count). The third kappa shape index (κ3) is 4.23. The summed E-state index contributed by atoms with van der Waals surface area (Å²) >= 11 is 0. The minimum Gasteiger partial charge on any atom is -0.455 e. The molecule has 2 heteroatoms. The van der Waals surface area contributed by atoms with E-state index in [-0.39, 0.29) is 16.9 Å². The molecule has 1 aromatic heterocycles. The maximum Gasteiger partial charge on any atom is 0.144 e. The Hall–Kier alpha value is -6.12. The third-order valence-corrected chi connectivity index (χ3v) is 12.7. The van der Waals surface area contributed by atoms with Crippen molar-refractivity contribution >= 4 is 44.1 Å². The molecule has 8 aromatic rings. The minimum atomic E-state index is -0.252. The zero-order valence-electron chi connectivity index (χ0n) is 31.2. The fraction of sp³-hybridized carbons (Fsp3) is 0.154. The van der Waals surface area contributed by atoms with Crippen molar-refractivity contribution in [2.75, 3.05) is 4.90 Å². The van der Waals surface area contributed by atoms with Crippen LogP contribution in [-0.4, -0.2) is 6.04 Å². The number of nitrogens with zero attached hydrogens (tertiary/aromatic N) is 1. The maximum absolute atomic E-state index is 7.18. The van der Waals surface area contributed by atoms with Crippen LogP contribution in [0.15, 0.2) is 162 Å². The van der Waals surface area contributed by atoms with E-state index in [2.05, 4.69) is 190 Å². The van der Waals surface area contributed by atoms with Gasteiger partial charge in [-0.05, 0) is 92.0 Å². The molecule has 0 spiro atoms. The van der Waals surface area contributed by atoms with E-state index in [1.54, 1.807) is 0 Å². The molecule has 0 radical (unpaired) electrons. The molecule has 260 valence electrons. The lowest BCUT2D eigenvalue weighted by Crippen LogP contribution is -2.31. The van der Waals surface area contributed by atoms with Gasteiger partial charge in [0, 0.05) is 38.4 Å². The summed E-state index contributed by atoms with van der Waals surface area (Å²) in [7, 11) is 0. The fourth-order valence-electron chi connectivity index (χ4n) is 10.2. The number of allylic oxidation sites excluding steroid dienone is 2. The highest BCUT2D eigenvalue weighted by atomic mass is 16.3. The van der Waals surface area contributed by atoms with Crippen LogP contribution in [0.3, 0.4) is 0 Å². The Balaban J connectivity index is 1.20. The maximum atomic E-state index is 7.18. The second-order valence-electron chi connectivity index (χ2n) is 16.4. The van der Waals surface area contributed by atoms with E-state index >= 15 is 0 Å². The van der Waals surface area contributed by atoms with E-state index < -0.39 is 0 Å². The molecule has 0 amide bonds. The number of rotatable bonds is 4. The van der Waals surface area contributed by atoms with E-state index in [1.807, 2.05) is 0 Å². The monoisotopic (exact) mass is 695 g/mol. The van der Waals surface area contributed by atoms with Gasteiger partial charge in [-0.2, -0.15) is 0 Å². The summed E-state index contributed by atoms with van der Waals surface area (Å²) < 4.78 is 7.18. The van der Waals surface area contributed by atoms with E-state index in [0.29, 0.717) is 0 Å². The summed E-state index contributed by atoms with van der Waals surface area (Å²) in [5.74, 6) is 0. The van der Waals surface area contributed by atoms with Gasteiger partial charge in [0.1, 0.15) is 11.2 Å². The van der Waals surface area contributed by atoms with Crippen molar-refractivity contribution in [2.24, 2.45) is 0 Å². The Labute approximate surface area is 316 Å². The van der Waals surface area contributed by atoms with Crippen molar-refractivity contribution in [2.45, 2.75) is 51.0 Å². The molecule has 3 aliphatic rings. The molecule has 1 unspecified atom stereocenters. The first kappa shape index (κ1) is 31.4. The molecule has 0 fully saturated rings. The van der Waals surface area contributed by atoms with Crippen molar-refractivity contribution in [1.82, 2.24) is 0 Å². The Morgan fingerprint density at radius 2 is 1.33 bits per heavy atom. The van der Waals surface area contributed by atoms with Gasteiger partial charge < -0.3 is 9.32 Å². The van der Waals surface area contributed by atoms with Gasteiger partial charge in [0.25, 0.3) is 0 Å². The quantitative estimate of drug-likeness (QED) is 0.182. The van der Waals surface area contributed by atoms with Crippen molar-refractivity contribution < 1.29 is 4.42 Å². The van der Waals surface area contributed by atoms with E-state index in [1.165, 1.54) is 77.6 Å². The molecule has 0 saturated carbocycles. The van der Waals surface area contributed by atoms with E-state index in [4.69, 9.17) is 4.42 Å². The minimum absolute atomic E-state index is 0.0961. The van der Waals surface area contributed by atoms with Gasteiger partial charge in [-0.15, -0.1) is 0 Å². The molecule has 0 aliphatic heterocycles. The summed E-state index contributed by atoms with van der Waals surface area (Å²) in [4.78, 5) is 2.61. The molecule has 1 atom stereocenters. The predicted octanol–water partition coefficient (Wildman–Crippen LogP) is 14.0. The molecule has 54 heavy (non-hydrogen) atoms. The van der Waals surface area contributed by atoms with Crippen LogP contribution in [0.25, 0.3) is 66.1 Å². The van der Waals surface area contributed by atoms with E-state index in [0.717, 1.165) is 28.5 Å². The second-order valence-corrected chi connectivity index (χ2v) is 16.4. The number of benzene rings is 7. The Morgan fingerprint density at radius 3 is 2.17 bits per heavy atom. The van der Waals surface area contributed by atoms with Crippen molar-refractivity contribution in [1.29, 1.82) is 0 Å². The molecule has 0 bridgehead atoms. The SMILES string of the molecule is CC1(C)c2ccccc2-c2ccc(N(c3cccc4c3-c3c(c5ccccc5c5c3oc3cc(-c6ccccc6)ccc35)C4(C)C)C3C=CC=CC3)cc21. The van der Waals surface area contributed by atoms with Crippen molar-refractivity contribution in [3.63, 3.8) is 0 Å². The van der Waals surface area contributed by atoms with Crippen LogP contribution in [0.4, 0.5) is 11.4 Å². The van der Waals surface area contributed by atoms with E-state index in [9.17, 15) is 0 Å². The first-order chi connectivity index (χ1) is 26.3. The molecule has 1 heterocycles. The summed E-state index contributed by atoms with van der Waals surface area (Å²) in [6.07, 6.45) is 10.00. The van der Waals surface area contributed by atoms with Crippen LogP contribution < -0.4 is 4.90 Å². The zero-order valence-corrected chi connectivity index (χ0v) is 31.2. The smallest absolute Gasteiger partial charge is 0.144 e. The largest absolute Gasteiger partial charge is 0.455 e. The van der Waals surface area contributed by atoms with Gasteiger partial charge in [-0.1, -0.05) is 155 Å². The van der Waals surface area contributed by atoms with Crippen LogP contribution in [-0.2, 0) is 10.8 Å². The highest BCUT2D eigenvalue weighted by Crippen LogP contribution is 2.59. The zero-order chi connectivity index (χ0) is 36.3. The average Bonchev–Trinajstić information content (AvgIpc) is 3.79. The Bertz CT molecular complexity index is 2920. The Morgan fingerprint density at radius 1 is 0.574 bits per heavy atom. The first-order valence-electron chi connectivity index (χ1n) is 19.3. The molecule has 3 aliphatic carbocycles. The molecule has 2 nitrogen and oxygen atoms in total. The van der Waals surface area contributed by atoms with Gasteiger partial charge in [0.05, 0.1) is 11.7 Å². The number of furan rings is 1. The lowest BCUT2D eigenvalue weighted by atomic mass is 9.79. The highest BCUT2D eigenvalue weighted by Gasteiger charge is 2.43. The van der Waals surface area contributed by atoms with Gasteiger partial charge in [0.2, 0.25) is 0 Å². The third-order valence-electron chi connectivity index (χ3n) is 12.7. The number of anilines is 2.